The predicted octanol–water partition coefficient (Wildman–Crippen LogP) is 2.38. The van der Waals surface area contributed by atoms with E-state index in [1.165, 1.54) is 11.1 Å². The van der Waals surface area contributed by atoms with Gasteiger partial charge in [0.1, 0.15) is 0 Å². The summed E-state index contributed by atoms with van der Waals surface area (Å²) in [6.45, 7) is 8.00. The van der Waals surface area contributed by atoms with Crippen LogP contribution in [-0.4, -0.2) is 6.29 Å². The minimum Gasteiger partial charge on any atom is -0.285 e. The third-order valence-electron chi connectivity index (χ3n) is 2.46. The number of aryl methyl sites for hydroxylation is 2. The van der Waals surface area contributed by atoms with Crippen LogP contribution in [0.25, 0.3) is 0 Å². The van der Waals surface area contributed by atoms with Crippen molar-refractivity contribution in [3.05, 3.63) is 33.9 Å². The smallest absolute Gasteiger partial charge is 0.234 e. The van der Waals surface area contributed by atoms with E-state index in [2.05, 4.69) is 6.92 Å². The van der Waals surface area contributed by atoms with E-state index >= 15 is 0 Å². The summed E-state index contributed by atoms with van der Waals surface area (Å²) in [6, 6.07) is 2.03. The Hall–Kier alpha value is -1.11. The standard InChI is InChI=1S/C11H13O/c1-7-5-8(2)11(6-12)10(4)9(7)3/h5H,1-4H3. The highest BCUT2D eigenvalue weighted by Crippen LogP contribution is 2.19. The van der Waals surface area contributed by atoms with Crippen LogP contribution in [-0.2, 0) is 4.79 Å². The molecular weight excluding hydrogens is 148 g/mol. The molecule has 0 unspecified atom stereocenters. The maximum absolute atomic E-state index is 10.6. The van der Waals surface area contributed by atoms with Crippen molar-refractivity contribution in [2.75, 3.05) is 0 Å². The highest BCUT2D eigenvalue weighted by molar-refractivity contribution is 5.80. The van der Waals surface area contributed by atoms with Crippen molar-refractivity contribution in [2.45, 2.75) is 27.7 Å². The Morgan fingerprint density at radius 2 is 1.58 bits per heavy atom. The van der Waals surface area contributed by atoms with Gasteiger partial charge < -0.3 is 0 Å². The second kappa shape index (κ2) is 3.10. The number of hydrogen-bond donors (Lipinski definition) is 0. The summed E-state index contributed by atoms with van der Waals surface area (Å²) in [5.74, 6) is 0. The van der Waals surface area contributed by atoms with Crippen LogP contribution in [0.2, 0.25) is 0 Å². The molecule has 0 N–H and O–H groups in total. The average molecular weight is 161 g/mol. The minimum atomic E-state index is 0.720. The lowest BCUT2D eigenvalue weighted by atomic mass is 9.95. The van der Waals surface area contributed by atoms with Crippen LogP contribution < -0.4 is 0 Å². The Morgan fingerprint density at radius 1 is 1.00 bits per heavy atom. The van der Waals surface area contributed by atoms with Crippen LogP contribution in [0.1, 0.15) is 27.8 Å². The third-order valence-corrected chi connectivity index (χ3v) is 2.46. The molecular formula is C11H13O. The molecule has 1 radical (unpaired) electrons. The van der Waals surface area contributed by atoms with Gasteiger partial charge in [-0.1, -0.05) is 6.07 Å². The first-order valence-corrected chi connectivity index (χ1v) is 4.03. The first kappa shape index (κ1) is 8.98. The normalized spacial score (nSPS) is 10.0. The van der Waals surface area contributed by atoms with Crippen LogP contribution in [0, 0.1) is 27.7 Å². The van der Waals surface area contributed by atoms with Crippen LogP contribution >= 0.6 is 0 Å². The maximum atomic E-state index is 10.6. The lowest BCUT2D eigenvalue weighted by Crippen LogP contribution is -1.97. The molecule has 1 aromatic carbocycles. The molecule has 0 aromatic heterocycles. The fraction of sp³-hybridized carbons (Fsp3) is 0.364. The van der Waals surface area contributed by atoms with Crippen molar-refractivity contribution >= 4 is 6.29 Å². The van der Waals surface area contributed by atoms with Gasteiger partial charge >= 0.3 is 0 Å². The van der Waals surface area contributed by atoms with E-state index in [9.17, 15) is 4.79 Å². The van der Waals surface area contributed by atoms with Gasteiger partial charge in [-0.15, -0.1) is 0 Å². The van der Waals surface area contributed by atoms with Crippen molar-refractivity contribution in [3.63, 3.8) is 0 Å². The molecule has 0 spiro atoms. The summed E-state index contributed by atoms with van der Waals surface area (Å²) >= 11 is 0. The molecule has 63 valence electrons. The van der Waals surface area contributed by atoms with Crippen molar-refractivity contribution in [2.24, 2.45) is 0 Å². The van der Waals surface area contributed by atoms with E-state index in [0.717, 1.165) is 16.7 Å². The molecule has 0 aliphatic heterocycles. The molecule has 0 bridgehead atoms. The van der Waals surface area contributed by atoms with Crippen LogP contribution in [0.15, 0.2) is 6.07 Å². The fourth-order valence-corrected chi connectivity index (χ4v) is 1.44. The summed E-state index contributed by atoms with van der Waals surface area (Å²) < 4.78 is 0. The molecule has 0 saturated heterocycles. The van der Waals surface area contributed by atoms with Crippen LogP contribution in [0.4, 0.5) is 0 Å². The van der Waals surface area contributed by atoms with Gasteiger partial charge in [-0.2, -0.15) is 0 Å². The van der Waals surface area contributed by atoms with E-state index < -0.39 is 0 Å². The molecule has 12 heavy (non-hydrogen) atoms. The molecule has 0 aliphatic carbocycles. The molecule has 0 fully saturated rings. The summed E-state index contributed by atoms with van der Waals surface area (Å²) in [4.78, 5) is 10.6. The Bertz CT molecular complexity index is 324. The monoisotopic (exact) mass is 161 g/mol. The minimum absolute atomic E-state index is 0.720. The predicted molar refractivity (Wildman–Crippen MR) is 50.2 cm³/mol. The van der Waals surface area contributed by atoms with E-state index in [4.69, 9.17) is 0 Å². The zero-order valence-electron chi connectivity index (χ0n) is 7.99. The number of hydrogen-bond acceptors (Lipinski definition) is 1. The maximum Gasteiger partial charge on any atom is 0.234 e. The fourth-order valence-electron chi connectivity index (χ4n) is 1.44. The van der Waals surface area contributed by atoms with Gasteiger partial charge in [0, 0.05) is 5.56 Å². The first-order chi connectivity index (χ1) is 5.57. The first-order valence-electron chi connectivity index (χ1n) is 4.03. The molecule has 0 aliphatic rings. The zero-order valence-corrected chi connectivity index (χ0v) is 7.99. The summed E-state index contributed by atoms with van der Waals surface area (Å²) in [6.07, 6.45) is 1.98. The molecule has 1 heteroatoms. The second-order valence-corrected chi connectivity index (χ2v) is 3.24. The molecule has 0 heterocycles. The highest BCUT2D eigenvalue weighted by atomic mass is 16.1. The number of rotatable bonds is 1. The third kappa shape index (κ3) is 1.27. The van der Waals surface area contributed by atoms with Gasteiger partial charge in [0.2, 0.25) is 6.29 Å². The summed E-state index contributed by atoms with van der Waals surface area (Å²) in [5.41, 5.74) is 5.23. The van der Waals surface area contributed by atoms with Crippen LogP contribution in [0.3, 0.4) is 0 Å². The quantitative estimate of drug-likeness (QED) is 0.618. The van der Waals surface area contributed by atoms with Crippen molar-refractivity contribution in [3.8, 4) is 0 Å². The molecule has 0 amide bonds. The van der Waals surface area contributed by atoms with Crippen molar-refractivity contribution in [1.29, 1.82) is 0 Å². The molecule has 0 atom stereocenters. The Labute approximate surface area is 73.4 Å². The molecule has 0 saturated carbocycles. The van der Waals surface area contributed by atoms with Gasteiger partial charge in [-0.05, 0) is 49.9 Å². The van der Waals surface area contributed by atoms with Crippen LogP contribution in [0.5, 0.6) is 0 Å². The van der Waals surface area contributed by atoms with Crippen molar-refractivity contribution < 1.29 is 4.79 Å². The summed E-state index contributed by atoms with van der Waals surface area (Å²) in [7, 11) is 0. The second-order valence-electron chi connectivity index (χ2n) is 3.24. The Kier molecular flexibility index (Phi) is 2.32. The average Bonchev–Trinajstić information content (AvgIpc) is 2.01. The number of benzene rings is 1. The lowest BCUT2D eigenvalue weighted by Gasteiger charge is -2.09. The molecule has 1 nitrogen and oxygen atoms in total. The van der Waals surface area contributed by atoms with Gasteiger partial charge in [-0.25, -0.2) is 0 Å². The lowest BCUT2D eigenvalue weighted by molar-refractivity contribution is 0.562. The van der Waals surface area contributed by atoms with Gasteiger partial charge in [0.25, 0.3) is 0 Å². The van der Waals surface area contributed by atoms with Gasteiger partial charge in [-0.3, -0.25) is 4.79 Å². The highest BCUT2D eigenvalue weighted by Gasteiger charge is 2.06. The molecule has 1 rings (SSSR count). The van der Waals surface area contributed by atoms with Crippen molar-refractivity contribution in [1.82, 2.24) is 0 Å². The van der Waals surface area contributed by atoms with E-state index in [1.54, 1.807) is 0 Å². The number of carbonyl (C=O) groups excluding carboxylic acids is 1. The molecule has 1 aromatic rings. The Balaban J connectivity index is 3.51. The zero-order chi connectivity index (χ0) is 9.30. The van der Waals surface area contributed by atoms with Gasteiger partial charge in [0.05, 0.1) is 0 Å². The van der Waals surface area contributed by atoms with Gasteiger partial charge in [0.15, 0.2) is 0 Å². The van der Waals surface area contributed by atoms with E-state index in [-0.39, 0.29) is 0 Å². The summed E-state index contributed by atoms with van der Waals surface area (Å²) in [5, 5.41) is 0. The SMILES string of the molecule is Cc1cc(C)c([C]=O)c(C)c1C. The topological polar surface area (TPSA) is 17.1 Å². The van der Waals surface area contributed by atoms with E-state index in [1.807, 2.05) is 33.1 Å². The van der Waals surface area contributed by atoms with E-state index in [0.29, 0.717) is 0 Å². The largest absolute Gasteiger partial charge is 0.285 e. The Morgan fingerprint density at radius 3 is 2.08 bits per heavy atom.